The first-order chi connectivity index (χ1) is 9.13. The van der Waals surface area contributed by atoms with Gasteiger partial charge >= 0.3 is 5.97 Å². The highest BCUT2D eigenvalue weighted by Gasteiger charge is 2.22. The Morgan fingerprint density at radius 2 is 1.95 bits per heavy atom. The lowest BCUT2D eigenvalue weighted by Gasteiger charge is -2.06. The summed E-state index contributed by atoms with van der Waals surface area (Å²) in [5, 5.41) is 2.84. The molecular weight excluding hydrogens is 244 g/mol. The molecular formula is C14H18N2O3. The zero-order chi connectivity index (χ0) is 13.7. The Morgan fingerprint density at radius 3 is 2.58 bits per heavy atom. The monoisotopic (exact) mass is 262 g/mol. The van der Waals surface area contributed by atoms with Crippen molar-refractivity contribution >= 4 is 17.6 Å². The van der Waals surface area contributed by atoms with Crippen molar-refractivity contribution in [1.82, 2.24) is 5.32 Å². The van der Waals surface area contributed by atoms with Crippen LogP contribution in [0.15, 0.2) is 24.3 Å². The predicted octanol–water partition coefficient (Wildman–Crippen LogP) is 1.02. The lowest BCUT2D eigenvalue weighted by atomic mass is 10.1. The minimum absolute atomic E-state index is 0.0530. The number of esters is 1. The van der Waals surface area contributed by atoms with Crippen LogP contribution in [0, 0.1) is 0 Å². The zero-order valence-electron chi connectivity index (χ0n) is 10.7. The maximum atomic E-state index is 11.5. The maximum absolute atomic E-state index is 11.5. The summed E-state index contributed by atoms with van der Waals surface area (Å²) in [4.78, 5) is 22.9. The van der Waals surface area contributed by atoms with Gasteiger partial charge in [0.1, 0.15) is 6.61 Å². The molecule has 1 amide bonds. The molecule has 2 rings (SSSR count). The first-order valence-electron chi connectivity index (χ1n) is 6.43. The van der Waals surface area contributed by atoms with Crippen LogP contribution in [0.2, 0.25) is 0 Å². The van der Waals surface area contributed by atoms with E-state index in [1.807, 2.05) is 0 Å². The van der Waals surface area contributed by atoms with Crippen LogP contribution in [-0.4, -0.2) is 24.5 Å². The summed E-state index contributed by atoms with van der Waals surface area (Å²) in [5.41, 5.74) is 7.06. The molecule has 102 valence electrons. The van der Waals surface area contributed by atoms with E-state index >= 15 is 0 Å². The smallest absolute Gasteiger partial charge is 0.310 e. The molecule has 0 spiro atoms. The average Bonchev–Trinajstić information content (AvgIpc) is 3.16. The maximum Gasteiger partial charge on any atom is 0.310 e. The average molecular weight is 262 g/mol. The number of nitrogens with two attached hydrogens (primary N) is 1. The standard InChI is InChI=1S/C14H18N2O3/c15-11-3-1-10(2-4-11)9-14(18)19-8-7-13(17)16-12-5-6-12/h1-4,12H,5-9,15H2,(H,16,17). The molecule has 5 heteroatoms. The third-order valence-corrected chi connectivity index (χ3v) is 2.86. The number of benzene rings is 1. The lowest BCUT2D eigenvalue weighted by Crippen LogP contribution is -2.26. The number of nitrogens with one attached hydrogen (secondary N) is 1. The molecule has 1 aromatic carbocycles. The molecule has 3 N–H and O–H groups in total. The van der Waals surface area contributed by atoms with E-state index in [0.717, 1.165) is 18.4 Å². The molecule has 1 saturated carbocycles. The topological polar surface area (TPSA) is 81.4 Å². The predicted molar refractivity (Wildman–Crippen MR) is 71.3 cm³/mol. The lowest BCUT2D eigenvalue weighted by molar-refractivity contribution is -0.143. The number of nitrogen functional groups attached to an aromatic ring is 1. The molecule has 1 aliphatic rings. The van der Waals surface area contributed by atoms with Crippen molar-refractivity contribution in [3.05, 3.63) is 29.8 Å². The summed E-state index contributed by atoms with van der Waals surface area (Å²) >= 11 is 0. The highest BCUT2D eigenvalue weighted by molar-refractivity contribution is 5.77. The molecule has 0 atom stereocenters. The fourth-order valence-corrected chi connectivity index (χ4v) is 1.64. The van der Waals surface area contributed by atoms with E-state index in [0.29, 0.717) is 11.7 Å². The van der Waals surface area contributed by atoms with Crippen LogP contribution >= 0.6 is 0 Å². The third-order valence-electron chi connectivity index (χ3n) is 2.86. The van der Waals surface area contributed by atoms with Crippen LogP contribution in [0.3, 0.4) is 0 Å². The van der Waals surface area contributed by atoms with Gasteiger partial charge in [-0.2, -0.15) is 0 Å². The Balaban J connectivity index is 1.63. The number of amides is 1. The summed E-state index contributed by atoms with van der Waals surface area (Å²) < 4.78 is 5.02. The van der Waals surface area contributed by atoms with Gasteiger partial charge in [0.25, 0.3) is 0 Å². The fourth-order valence-electron chi connectivity index (χ4n) is 1.64. The van der Waals surface area contributed by atoms with Crippen LogP contribution in [0.25, 0.3) is 0 Å². The van der Waals surface area contributed by atoms with Crippen LogP contribution < -0.4 is 11.1 Å². The van der Waals surface area contributed by atoms with E-state index in [-0.39, 0.29) is 31.3 Å². The second-order valence-electron chi connectivity index (χ2n) is 4.73. The van der Waals surface area contributed by atoms with Gasteiger partial charge in [0.15, 0.2) is 0 Å². The van der Waals surface area contributed by atoms with Gasteiger partial charge in [-0.05, 0) is 30.5 Å². The Labute approximate surface area is 112 Å². The van der Waals surface area contributed by atoms with E-state index < -0.39 is 0 Å². The number of hydrogen-bond acceptors (Lipinski definition) is 4. The van der Waals surface area contributed by atoms with Crippen molar-refractivity contribution < 1.29 is 14.3 Å². The van der Waals surface area contributed by atoms with E-state index in [1.54, 1.807) is 24.3 Å². The van der Waals surface area contributed by atoms with Gasteiger partial charge in [0.2, 0.25) is 5.91 Å². The molecule has 1 aliphatic carbocycles. The van der Waals surface area contributed by atoms with Crippen molar-refractivity contribution in [2.75, 3.05) is 12.3 Å². The SMILES string of the molecule is Nc1ccc(CC(=O)OCCC(=O)NC2CC2)cc1. The van der Waals surface area contributed by atoms with Crippen molar-refractivity contribution in [2.45, 2.75) is 31.7 Å². The van der Waals surface area contributed by atoms with Gasteiger partial charge in [-0.25, -0.2) is 0 Å². The van der Waals surface area contributed by atoms with Crippen molar-refractivity contribution in [3.8, 4) is 0 Å². The molecule has 5 nitrogen and oxygen atoms in total. The number of rotatable bonds is 6. The van der Waals surface area contributed by atoms with Gasteiger partial charge in [0.05, 0.1) is 12.8 Å². The molecule has 0 heterocycles. The molecule has 0 aromatic heterocycles. The Kier molecular flexibility index (Phi) is 4.39. The van der Waals surface area contributed by atoms with Gasteiger partial charge in [-0.15, -0.1) is 0 Å². The molecule has 0 radical (unpaired) electrons. The molecule has 0 unspecified atom stereocenters. The molecule has 0 saturated heterocycles. The first kappa shape index (κ1) is 13.4. The van der Waals surface area contributed by atoms with Crippen LogP contribution in [0.1, 0.15) is 24.8 Å². The first-order valence-corrected chi connectivity index (χ1v) is 6.43. The van der Waals surface area contributed by atoms with Gasteiger partial charge in [-0.1, -0.05) is 12.1 Å². The minimum atomic E-state index is -0.330. The minimum Gasteiger partial charge on any atom is -0.465 e. The molecule has 1 aromatic rings. The van der Waals surface area contributed by atoms with Crippen LogP contribution in [-0.2, 0) is 20.7 Å². The molecule has 1 fully saturated rings. The van der Waals surface area contributed by atoms with E-state index in [9.17, 15) is 9.59 Å². The number of hydrogen-bond donors (Lipinski definition) is 2. The van der Waals surface area contributed by atoms with Crippen molar-refractivity contribution in [2.24, 2.45) is 0 Å². The molecule has 0 bridgehead atoms. The van der Waals surface area contributed by atoms with Crippen LogP contribution in [0.5, 0.6) is 0 Å². The Hall–Kier alpha value is -2.04. The normalized spacial score (nSPS) is 13.9. The number of carbonyl (C=O) groups excluding carboxylic acids is 2. The summed E-state index contributed by atoms with van der Waals surface area (Å²) in [6, 6.07) is 7.41. The van der Waals surface area contributed by atoms with Gasteiger partial charge in [-0.3, -0.25) is 9.59 Å². The highest BCUT2D eigenvalue weighted by Crippen LogP contribution is 2.18. The highest BCUT2D eigenvalue weighted by atomic mass is 16.5. The second kappa shape index (κ2) is 6.22. The summed E-state index contributed by atoms with van der Waals surface area (Å²) in [6.07, 6.45) is 2.54. The Bertz CT molecular complexity index is 452. The molecule has 19 heavy (non-hydrogen) atoms. The van der Waals surface area contributed by atoms with E-state index in [2.05, 4.69) is 5.32 Å². The van der Waals surface area contributed by atoms with Crippen molar-refractivity contribution in [1.29, 1.82) is 0 Å². The van der Waals surface area contributed by atoms with E-state index in [4.69, 9.17) is 10.5 Å². The Morgan fingerprint density at radius 1 is 1.26 bits per heavy atom. The number of anilines is 1. The summed E-state index contributed by atoms with van der Waals surface area (Å²) in [5.74, 6) is -0.383. The van der Waals surface area contributed by atoms with Crippen LogP contribution in [0.4, 0.5) is 5.69 Å². The summed E-state index contributed by atoms with van der Waals surface area (Å²) in [7, 11) is 0. The summed E-state index contributed by atoms with van der Waals surface area (Å²) in [6.45, 7) is 0.131. The van der Waals surface area contributed by atoms with Gasteiger partial charge in [0, 0.05) is 11.7 Å². The largest absolute Gasteiger partial charge is 0.465 e. The third kappa shape index (κ3) is 4.99. The quantitative estimate of drug-likeness (QED) is 0.592. The number of carbonyl (C=O) groups is 2. The van der Waals surface area contributed by atoms with Gasteiger partial charge < -0.3 is 15.8 Å². The number of ether oxygens (including phenoxy) is 1. The van der Waals surface area contributed by atoms with Crippen molar-refractivity contribution in [3.63, 3.8) is 0 Å². The molecule has 0 aliphatic heterocycles. The van der Waals surface area contributed by atoms with E-state index in [1.165, 1.54) is 0 Å². The fraction of sp³-hybridized carbons (Fsp3) is 0.429. The zero-order valence-corrected chi connectivity index (χ0v) is 10.7. The second-order valence-corrected chi connectivity index (χ2v) is 4.73.